The Morgan fingerprint density at radius 3 is 2.36 bits per heavy atom. The van der Waals surface area contributed by atoms with Crippen LogP contribution in [0.3, 0.4) is 0 Å². The van der Waals surface area contributed by atoms with Gasteiger partial charge in [-0.1, -0.05) is 6.92 Å². The van der Waals surface area contributed by atoms with Crippen molar-refractivity contribution in [3.8, 4) is 0 Å². The average Bonchev–Trinajstić information content (AvgIpc) is 2.19. The van der Waals surface area contributed by atoms with Crippen molar-refractivity contribution < 1.29 is 0 Å². The maximum absolute atomic E-state index is 5.75. The first-order valence-corrected chi connectivity index (χ1v) is 5.47. The van der Waals surface area contributed by atoms with Crippen LogP contribution < -0.4 is 10.6 Å². The number of alkyl halides is 1. The van der Waals surface area contributed by atoms with Gasteiger partial charge in [0.25, 0.3) is 0 Å². The fourth-order valence-corrected chi connectivity index (χ4v) is 1.63. The number of anilines is 2. The zero-order valence-corrected chi connectivity index (χ0v) is 9.30. The predicted octanol–water partition coefficient (Wildman–Crippen LogP) is 2.72. The van der Waals surface area contributed by atoms with Crippen molar-refractivity contribution in [2.45, 2.75) is 13.3 Å². The molecule has 14 heavy (non-hydrogen) atoms. The highest BCUT2D eigenvalue weighted by molar-refractivity contribution is 6.18. The summed E-state index contributed by atoms with van der Waals surface area (Å²) >= 11 is 5.75. The van der Waals surface area contributed by atoms with Crippen molar-refractivity contribution in [2.24, 2.45) is 0 Å². The molecule has 0 spiro atoms. The van der Waals surface area contributed by atoms with Gasteiger partial charge in [0.1, 0.15) is 0 Å². The monoisotopic (exact) mass is 212 g/mol. The number of nitrogens with two attached hydrogens (primary N) is 1. The van der Waals surface area contributed by atoms with E-state index in [-0.39, 0.29) is 0 Å². The Morgan fingerprint density at radius 2 is 1.86 bits per heavy atom. The number of benzene rings is 1. The topological polar surface area (TPSA) is 29.3 Å². The van der Waals surface area contributed by atoms with Gasteiger partial charge < -0.3 is 10.6 Å². The molecule has 0 bridgehead atoms. The van der Waals surface area contributed by atoms with Crippen molar-refractivity contribution in [1.29, 1.82) is 0 Å². The smallest absolute Gasteiger partial charge is 0.0399 e. The standard InChI is InChI=1S/C11H17ClN2/c1-2-8-14(9-7-12)11-5-3-10(13)4-6-11/h3-6H,2,7-9,13H2,1H3. The Balaban J connectivity index is 2.71. The molecule has 0 atom stereocenters. The van der Waals surface area contributed by atoms with Crippen molar-refractivity contribution in [1.82, 2.24) is 0 Å². The van der Waals surface area contributed by atoms with E-state index < -0.39 is 0 Å². The van der Waals surface area contributed by atoms with Crippen molar-refractivity contribution in [3.63, 3.8) is 0 Å². The van der Waals surface area contributed by atoms with Crippen LogP contribution in [0.2, 0.25) is 0 Å². The summed E-state index contributed by atoms with van der Waals surface area (Å²) in [5.41, 5.74) is 7.63. The van der Waals surface area contributed by atoms with Gasteiger partial charge in [0.2, 0.25) is 0 Å². The van der Waals surface area contributed by atoms with Crippen molar-refractivity contribution in [3.05, 3.63) is 24.3 Å². The molecule has 0 aliphatic heterocycles. The first kappa shape index (κ1) is 11.2. The summed E-state index contributed by atoms with van der Waals surface area (Å²) in [6.07, 6.45) is 1.13. The summed E-state index contributed by atoms with van der Waals surface area (Å²) in [6.45, 7) is 4.09. The van der Waals surface area contributed by atoms with Crippen LogP contribution in [0, 0.1) is 0 Å². The van der Waals surface area contributed by atoms with Crippen molar-refractivity contribution in [2.75, 3.05) is 29.6 Å². The molecule has 3 heteroatoms. The minimum atomic E-state index is 0.657. The molecular weight excluding hydrogens is 196 g/mol. The zero-order valence-electron chi connectivity index (χ0n) is 8.54. The van der Waals surface area contributed by atoms with E-state index in [4.69, 9.17) is 17.3 Å². The van der Waals surface area contributed by atoms with E-state index >= 15 is 0 Å². The maximum Gasteiger partial charge on any atom is 0.0399 e. The van der Waals surface area contributed by atoms with E-state index in [2.05, 4.69) is 11.8 Å². The first-order chi connectivity index (χ1) is 6.77. The maximum atomic E-state index is 5.75. The molecule has 0 saturated carbocycles. The van der Waals surface area contributed by atoms with Gasteiger partial charge in [-0.15, -0.1) is 11.6 Å². The van der Waals surface area contributed by atoms with E-state index in [0.717, 1.165) is 25.2 Å². The highest BCUT2D eigenvalue weighted by atomic mass is 35.5. The first-order valence-electron chi connectivity index (χ1n) is 4.94. The van der Waals surface area contributed by atoms with E-state index in [9.17, 15) is 0 Å². The van der Waals surface area contributed by atoms with E-state index in [1.165, 1.54) is 5.69 Å². The fourth-order valence-electron chi connectivity index (χ4n) is 1.43. The largest absolute Gasteiger partial charge is 0.399 e. The Hall–Kier alpha value is -0.890. The van der Waals surface area contributed by atoms with Crippen LogP contribution in [-0.4, -0.2) is 19.0 Å². The molecule has 0 unspecified atom stereocenters. The molecule has 0 heterocycles. The van der Waals surface area contributed by atoms with Gasteiger partial charge in [-0.05, 0) is 30.7 Å². The number of hydrogen-bond donors (Lipinski definition) is 1. The second kappa shape index (κ2) is 5.76. The third kappa shape index (κ3) is 3.11. The van der Waals surface area contributed by atoms with Crippen LogP contribution in [0.1, 0.15) is 13.3 Å². The lowest BCUT2D eigenvalue weighted by Crippen LogP contribution is -2.26. The molecule has 0 radical (unpaired) electrons. The molecule has 0 saturated heterocycles. The van der Waals surface area contributed by atoms with Gasteiger partial charge in [-0.25, -0.2) is 0 Å². The SMILES string of the molecule is CCCN(CCCl)c1ccc(N)cc1. The molecule has 1 aromatic rings. The lowest BCUT2D eigenvalue weighted by Gasteiger charge is -2.23. The zero-order chi connectivity index (χ0) is 10.4. The molecule has 0 aromatic heterocycles. The molecule has 0 aliphatic rings. The molecular formula is C11H17ClN2. The summed E-state index contributed by atoms with van der Waals surface area (Å²) in [5.74, 6) is 0.657. The molecule has 1 aromatic carbocycles. The number of halogens is 1. The second-order valence-electron chi connectivity index (χ2n) is 3.27. The van der Waals surface area contributed by atoms with Gasteiger partial charge in [0.05, 0.1) is 0 Å². The summed E-state index contributed by atoms with van der Waals surface area (Å²) in [7, 11) is 0. The van der Waals surface area contributed by atoms with Crippen LogP contribution in [0.25, 0.3) is 0 Å². The lowest BCUT2D eigenvalue weighted by molar-refractivity contribution is 0.794. The molecule has 78 valence electrons. The number of nitrogens with zero attached hydrogens (tertiary/aromatic N) is 1. The second-order valence-corrected chi connectivity index (χ2v) is 3.65. The molecule has 0 amide bonds. The van der Waals surface area contributed by atoms with E-state index in [1.54, 1.807) is 0 Å². The molecule has 1 rings (SSSR count). The quantitative estimate of drug-likeness (QED) is 0.601. The highest BCUT2D eigenvalue weighted by Crippen LogP contribution is 2.16. The van der Waals surface area contributed by atoms with Gasteiger partial charge in [0.15, 0.2) is 0 Å². The van der Waals surface area contributed by atoms with Gasteiger partial charge in [-0.3, -0.25) is 0 Å². The van der Waals surface area contributed by atoms with Gasteiger partial charge in [0, 0.05) is 30.3 Å². The van der Waals surface area contributed by atoms with Crippen LogP contribution in [0.15, 0.2) is 24.3 Å². The van der Waals surface area contributed by atoms with E-state index in [1.807, 2.05) is 24.3 Å². The number of nitrogen functional groups attached to an aromatic ring is 1. The Kier molecular flexibility index (Phi) is 4.60. The third-order valence-corrected chi connectivity index (χ3v) is 2.28. The normalized spacial score (nSPS) is 10.1. The van der Waals surface area contributed by atoms with Crippen molar-refractivity contribution >= 4 is 23.0 Å². The summed E-state index contributed by atoms with van der Waals surface area (Å²) in [6, 6.07) is 7.92. The van der Waals surface area contributed by atoms with E-state index in [0.29, 0.717) is 5.88 Å². The Morgan fingerprint density at radius 1 is 1.21 bits per heavy atom. The summed E-state index contributed by atoms with van der Waals surface area (Å²) in [4.78, 5) is 2.27. The fraction of sp³-hybridized carbons (Fsp3) is 0.455. The number of hydrogen-bond acceptors (Lipinski definition) is 2. The van der Waals surface area contributed by atoms with Crippen LogP contribution in [0.5, 0.6) is 0 Å². The van der Waals surface area contributed by atoms with Crippen LogP contribution in [-0.2, 0) is 0 Å². The molecule has 2 N–H and O–H groups in total. The molecule has 2 nitrogen and oxygen atoms in total. The van der Waals surface area contributed by atoms with Crippen LogP contribution >= 0.6 is 11.6 Å². The Labute approximate surface area is 90.7 Å². The lowest BCUT2D eigenvalue weighted by atomic mass is 10.2. The predicted molar refractivity (Wildman–Crippen MR) is 64.1 cm³/mol. The van der Waals surface area contributed by atoms with Crippen LogP contribution in [0.4, 0.5) is 11.4 Å². The summed E-state index contributed by atoms with van der Waals surface area (Å²) < 4.78 is 0. The average molecular weight is 213 g/mol. The minimum absolute atomic E-state index is 0.657. The highest BCUT2D eigenvalue weighted by Gasteiger charge is 2.03. The third-order valence-electron chi connectivity index (χ3n) is 2.11. The Bertz CT molecular complexity index is 252. The molecule has 0 aliphatic carbocycles. The number of rotatable bonds is 5. The van der Waals surface area contributed by atoms with Gasteiger partial charge >= 0.3 is 0 Å². The summed E-state index contributed by atoms with van der Waals surface area (Å²) in [5, 5.41) is 0. The molecule has 0 fully saturated rings. The van der Waals surface area contributed by atoms with Gasteiger partial charge in [-0.2, -0.15) is 0 Å². The minimum Gasteiger partial charge on any atom is -0.399 e.